The van der Waals surface area contributed by atoms with Crippen molar-refractivity contribution >= 4 is 23.4 Å². The number of hydrogen-bond acceptors (Lipinski definition) is 6. The Bertz CT molecular complexity index is 535. The number of nitrogens with zero attached hydrogens (tertiary/aromatic N) is 2. The fourth-order valence-electron chi connectivity index (χ4n) is 1.45. The van der Waals surface area contributed by atoms with E-state index in [0.29, 0.717) is 29.6 Å². The average Bonchev–Trinajstić information content (AvgIpc) is 2.87. The number of thioether (sulfide) groups is 1. The van der Waals surface area contributed by atoms with Crippen LogP contribution in [-0.2, 0) is 5.75 Å². The fraction of sp³-hybridized carbons (Fsp3) is 0.333. The van der Waals surface area contributed by atoms with Crippen LogP contribution in [0.15, 0.2) is 33.7 Å². The van der Waals surface area contributed by atoms with Gasteiger partial charge < -0.3 is 15.4 Å². The maximum atomic E-state index is 9.66. The minimum absolute atomic E-state index is 0.209. The van der Waals surface area contributed by atoms with Crippen molar-refractivity contribution in [2.24, 2.45) is 5.73 Å². The lowest BCUT2D eigenvalue weighted by Crippen LogP contribution is -2.06. The van der Waals surface area contributed by atoms with Crippen molar-refractivity contribution in [1.29, 1.82) is 0 Å². The summed E-state index contributed by atoms with van der Waals surface area (Å²) in [6, 6.07) is 7.55. The van der Waals surface area contributed by atoms with E-state index in [1.807, 2.05) is 24.3 Å². The average molecular weight is 300 g/mol. The summed E-state index contributed by atoms with van der Waals surface area (Å²) in [7, 11) is 0. The molecule has 1 atom stereocenters. The van der Waals surface area contributed by atoms with Gasteiger partial charge >= 0.3 is 0 Å². The molecule has 0 aliphatic rings. The number of halogens is 1. The molecule has 0 bridgehead atoms. The first kappa shape index (κ1) is 14.3. The zero-order chi connectivity index (χ0) is 13.7. The minimum Gasteiger partial charge on any atom is -0.383 e. The maximum absolute atomic E-state index is 9.66. The second-order valence-corrected chi connectivity index (χ2v) is 5.29. The molecule has 0 spiro atoms. The van der Waals surface area contributed by atoms with Gasteiger partial charge in [-0.15, -0.1) is 11.8 Å². The monoisotopic (exact) mass is 299 g/mol. The van der Waals surface area contributed by atoms with Gasteiger partial charge in [0.15, 0.2) is 5.82 Å². The number of hydrogen-bond donors (Lipinski definition) is 2. The molecule has 19 heavy (non-hydrogen) atoms. The highest BCUT2D eigenvalue weighted by Crippen LogP contribution is 2.28. The van der Waals surface area contributed by atoms with E-state index in [2.05, 4.69) is 10.1 Å². The number of aromatic nitrogens is 2. The molecule has 0 radical (unpaired) electrons. The Morgan fingerprint density at radius 3 is 2.95 bits per heavy atom. The van der Waals surface area contributed by atoms with Crippen molar-refractivity contribution in [3.05, 3.63) is 41.0 Å². The van der Waals surface area contributed by atoms with Gasteiger partial charge in [0.2, 0.25) is 0 Å². The van der Waals surface area contributed by atoms with Gasteiger partial charge in [-0.3, -0.25) is 0 Å². The van der Waals surface area contributed by atoms with E-state index in [4.69, 9.17) is 21.9 Å². The zero-order valence-electron chi connectivity index (χ0n) is 10.1. The van der Waals surface area contributed by atoms with Gasteiger partial charge in [-0.1, -0.05) is 28.9 Å². The van der Waals surface area contributed by atoms with E-state index >= 15 is 0 Å². The normalized spacial score (nSPS) is 12.6. The molecule has 1 aromatic carbocycles. The Labute approximate surface area is 120 Å². The topological polar surface area (TPSA) is 85.2 Å². The van der Waals surface area contributed by atoms with Crippen LogP contribution in [0.2, 0.25) is 5.02 Å². The van der Waals surface area contributed by atoms with E-state index in [-0.39, 0.29) is 5.89 Å². The van der Waals surface area contributed by atoms with Crippen LogP contribution in [0, 0.1) is 0 Å². The standard InChI is InChI=1S/C12H14ClN3O2S/c13-8-3-1-2-4-10(8)19-7-11-15-12(18-16-11)9(17)5-6-14/h1-4,9,17H,5-7,14H2/t9-/m0/s1. The molecule has 0 saturated heterocycles. The molecular weight excluding hydrogens is 286 g/mol. The van der Waals surface area contributed by atoms with E-state index in [1.54, 1.807) is 0 Å². The van der Waals surface area contributed by atoms with Crippen molar-refractivity contribution in [3.8, 4) is 0 Å². The van der Waals surface area contributed by atoms with Crippen LogP contribution in [0.4, 0.5) is 0 Å². The summed E-state index contributed by atoms with van der Waals surface area (Å²) in [5, 5.41) is 14.2. The first-order valence-corrected chi connectivity index (χ1v) is 7.15. The smallest absolute Gasteiger partial charge is 0.255 e. The highest BCUT2D eigenvalue weighted by Gasteiger charge is 2.15. The SMILES string of the molecule is NCC[C@H](O)c1nc(CSc2ccccc2Cl)no1. The van der Waals surface area contributed by atoms with Gasteiger partial charge in [0.25, 0.3) is 5.89 Å². The van der Waals surface area contributed by atoms with Gasteiger partial charge in [0, 0.05) is 4.90 Å². The van der Waals surface area contributed by atoms with Crippen molar-refractivity contribution in [3.63, 3.8) is 0 Å². The highest BCUT2D eigenvalue weighted by atomic mass is 35.5. The molecule has 2 aromatic rings. The van der Waals surface area contributed by atoms with E-state index in [0.717, 1.165) is 4.90 Å². The molecule has 7 heteroatoms. The van der Waals surface area contributed by atoms with Crippen molar-refractivity contribution in [2.45, 2.75) is 23.2 Å². The van der Waals surface area contributed by atoms with Crippen LogP contribution in [0.3, 0.4) is 0 Å². The van der Waals surface area contributed by atoms with Crippen molar-refractivity contribution in [2.75, 3.05) is 6.54 Å². The summed E-state index contributed by atoms with van der Waals surface area (Å²) in [5.74, 6) is 1.26. The van der Waals surface area contributed by atoms with E-state index in [9.17, 15) is 5.11 Å². The second kappa shape index (κ2) is 6.91. The predicted molar refractivity (Wildman–Crippen MR) is 73.9 cm³/mol. The lowest BCUT2D eigenvalue weighted by molar-refractivity contribution is 0.127. The summed E-state index contributed by atoms with van der Waals surface area (Å²) in [4.78, 5) is 5.08. The Morgan fingerprint density at radius 2 is 2.21 bits per heavy atom. The third kappa shape index (κ3) is 3.94. The molecule has 0 aliphatic heterocycles. The molecule has 1 heterocycles. The molecule has 0 unspecified atom stereocenters. The van der Waals surface area contributed by atoms with Crippen LogP contribution < -0.4 is 5.73 Å². The Morgan fingerprint density at radius 1 is 1.42 bits per heavy atom. The molecule has 0 aliphatic carbocycles. The fourth-order valence-corrected chi connectivity index (χ4v) is 2.53. The van der Waals surface area contributed by atoms with Gasteiger partial charge in [0.1, 0.15) is 6.10 Å². The van der Waals surface area contributed by atoms with Crippen LogP contribution in [0.1, 0.15) is 24.2 Å². The molecule has 3 N–H and O–H groups in total. The summed E-state index contributed by atoms with van der Waals surface area (Å²) >= 11 is 7.56. The molecule has 0 fully saturated rings. The summed E-state index contributed by atoms with van der Waals surface area (Å²) in [6.45, 7) is 0.368. The summed E-state index contributed by atoms with van der Waals surface area (Å²) in [6.07, 6.45) is -0.393. The quantitative estimate of drug-likeness (QED) is 0.797. The first-order chi connectivity index (χ1) is 9.20. The minimum atomic E-state index is -0.795. The van der Waals surface area contributed by atoms with Gasteiger partial charge in [0.05, 0.1) is 10.8 Å². The largest absolute Gasteiger partial charge is 0.383 e. The molecule has 2 rings (SSSR count). The van der Waals surface area contributed by atoms with Gasteiger partial charge in [-0.2, -0.15) is 4.98 Å². The van der Waals surface area contributed by atoms with Crippen molar-refractivity contribution < 1.29 is 9.63 Å². The van der Waals surface area contributed by atoms with Crippen LogP contribution in [-0.4, -0.2) is 21.8 Å². The Balaban J connectivity index is 1.95. The molecule has 0 amide bonds. The van der Waals surface area contributed by atoms with E-state index < -0.39 is 6.10 Å². The third-order valence-corrected chi connectivity index (χ3v) is 3.91. The Kier molecular flexibility index (Phi) is 5.21. The first-order valence-electron chi connectivity index (χ1n) is 5.78. The molecule has 0 saturated carbocycles. The maximum Gasteiger partial charge on any atom is 0.255 e. The van der Waals surface area contributed by atoms with Crippen LogP contribution in [0.5, 0.6) is 0 Å². The number of aliphatic hydroxyl groups excluding tert-OH is 1. The second-order valence-electron chi connectivity index (χ2n) is 3.86. The summed E-state index contributed by atoms with van der Waals surface area (Å²) < 4.78 is 4.98. The number of nitrogens with two attached hydrogens (primary N) is 1. The summed E-state index contributed by atoms with van der Waals surface area (Å²) in [5.41, 5.74) is 5.36. The lowest BCUT2D eigenvalue weighted by atomic mass is 10.2. The van der Waals surface area contributed by atoms with Crippen molar-refractivity contribution in [1.82, 2.24) is 10.1 Å². The van der Waals surface area contributed by atoms with Gasteiger partial charge in [-0.25, -0.2) is 0 Å². The number of benzene rings is 1. The van der Waals surface area contributed by atoms with Gasteiger partial charge in [-0.05, 0) is 25.1 Å². The molecule has 102 valence electrons. The number of aliphatic hydroxyl groups is 1. The zero-order valence-corrected chi connectivity index (χ0v) is 11.7. The van der Waals surface area contributed by atoms with Crippen LogP contribution >= 0.6 is 23.4 Å². The third-order valence-electron chi connectivity index (χ3n) is 2.40. The molecule has 1 aromatic heterocycles. The Hall–Kier alpha value is -1.08. The highest BCUT2D eigenvalue weighted by molar-refractivity contribution is 7.98. The predicted octanol–water partition coefficient (Wildman–Crippen LogP) is 2.40. The van der Waals surface area contributed by atoms with E-state index in [1.165, 1.54) is 11.8 Å². The van der Waals surface area contributed by atoms with Crippen LogP contribution in [0.25, 0.3) is 0 Å². The number of rotatable bonds is 6. The lowest BCUT2D eigenvalue weighted by Gasteiger charge is -2.01. The molecule has 5 nitrogen and oxygen atoms in total. The molecular formula is C12H14ClN3O2S.